The Kier molecular flexibility index (Phi) is 7.47. The molecule has 1 fully saturated rings. The van der Waals surface area contributed by atoms with Gasteiger partial charge >= 0.3 is 12.3 Å². The van der Waals surface area contributed by atoms with E-state index in [0.29, 0.717) is 12.8 Å². The highest BCUT2D eigenvalue weighted by Crippen LogP contribution is 2.24. The van der Waals surface area contributed by atoms with Crippen LogP contribution in [0.4, 0.5) is 18.9 Å². The highest BCUT2D eigenvalue weighted by molar-refractivity contribution is 7.89. The predicted molar refractivity (Wildman–Crippen MR) is 96.5 cm³/mol. The zero-order chi connectivity index (χ0) is 21.7. The van der Waals surface area contributed by atoms with Crippen molar-refractivity contribution < 1.29 is 40.7 Å². The summed E-state index contributed by atoms with van der Waals surface area (Å²) in [5.74, 6) is -2.19. The first-order valence-electron chi connectivity index (χ1n) is 8.80. The van der Waals surface area contributed by atoms with Gasteiger partial charge in [-0.05, 0) is 44.0 Å². The first kappa shape index (κ1) is 22.9. The summed E-state index contributed by atoms with van der Waals surface area (Å²) in [4.78, 5) is 23.9. The third kappa shape index (κ3) is 7.20. The van der Waals surface area contributed by atoms with Crippen LogP contribution in [-0.2, 0) is 24.3 Å². The quantitative estimate of drug-likeness (QED) is 0.655. The number of amides is 1. The number of carbonyl (C=O) groups excluding carboxylic acids is 2. The topological polar surface area (TPSA) is 102 Å². The van der Waals surface area contributed by atoms with Gasteiger partial charge in [-0.3, -0.25) is 9.59 Å². The molecule has 1 N–H and O–H groups in total. The number of benzene rings is 1. The number of piperidine rings is 1. The van der Waals surface area contributed by atoms with E-state index in [1.54, 1.807) is 6.92 Å². The van der Waals surface area contributed by atoms with Crippen molar-refractivity contribution in [3.63, 3.8) is 0 Å². The van der Waals surface area contributed by atoms with Crippen molar-refractivity contribution in [2.24, 2.45) is 5.92 Å². The van der Waals surface area contributed by atoms with Gasteiger partial charge in [-0.15, -0.1) is 13.2 Å². The number of nitrogens with zero attached hydrogens (tertiary/aromatic N) is 1. The molecule has 0 bridgehead atoms. The minimum Gasteiger partial charge on any atom is -0.455 e. The number of carbonyl (C=O) groups is 2. The van der Waals surface area contributed by atoms with E-state index in [2.05, 4.69) is 10.1 Å². The molecule has 1 aromatic rings. The maximum Gasteiger partial charge on any atom is 0.573 e. The lowest BCUT2D eigenvalue weighted by atomic mass is 9.98. The highest BCUT2D eigenvalue weighted by atomic mass is 32.2. The van der Waals surface area contributed by atoms with Crippen molar-refractivity contribution in [3.05, 3.63) is 24.3 Å². The fourth-order valence-corrected chi connectivity index (χ4v) is 3.88. The Labute approximate surface area is 166 Å². The molecule has 12 heteroatoms. The molecule has 0 unspecified atom stereocenters. The molecule has 2 rings (SSSR count). The summed E-state index contributed by atoms with van der Waals surface area (Å²) in [6.07, 6.45) is -4.20. The largest absolute Gasteiger partial charge is 0.573 e. The summed E-state index contributed by atoms with van der Waals surface area (Å²) >= 11 is 0. The third-order valence-electron chi connectivity index (χ3n) is 4.26. The maximum atomic E-state index is 12.1. The van der Waals surface area contributed by atoms with Crippen LogP contribution < -0.4 is 10.1 Å². The van der Waals surface area contributed by atoms with E-state index in [-0.39, 0.29) is 24.5 Å². The molecule has 1 aliphatic rings. The van der Waals surface area contributed by atoms with E-state index >= 15 is 0 Å². The van der Waals surface area contributed by atoms with Crippen molar-refractivity contribution in [1.29, 1.82) is 0 Å². The van der Waals surface area contributed by atoms with Gasteiger partial charge < -0.3 is 14.8 Å². The van der Waals surface area contributed by atoms with Crippen molar-refractivity contribution in [2.75, 3.05) is 30.8 Å². The average Bonchev–Trinajstić information content (AvgIpc) is 2.66. The van der Waals surface area contributed by atoms with Crippen LogP contribution >= 0.6 is 0 Å². The van der Waals surface area contributed by atoms with Crippen molar-refractivity contribution in [1.82, 2.24) is 4.31 Å². The Morgan fingerprint density at radius 2 is 1.76 bits per heavy atom. The summed E-state index contributed by atoms with van der Waals surface area (Å²) in [5, 5.41) is 2.38. The van der Waals surface area contributed by atoms with Crippen LogP contribution in [0, 0.1) is 5.92 Å². The van der Waals surface area contributed by atoms with Gasteiger partial charge in [-0.25, -0.2) is 12.7 Å². The average molecular weight is 438 g/mol. The van der Waals surface area contributed by atoms with Crippen molar-refractivity contribution in [2.45, 2.75) is 26.1 Å². The number of rotatable bonds is 7. The summed E-state index contributed by atoms with van der Waals surface area (Å²) in [6, 6.07) is 4.50. The number of hydrogen-bond donors (Lipinski definition) is 1. The molecule has 0 radical (unpaired) electrons. The summed E-state index contributed by atoms with van der Waals surface area (Å²) < 4.78 is 69.9. The molecule has 1 aromatic carbocycles. The molecule has 8 nitrogen and oxygen atoms in total. The molecule has 0 aromatic heterocycles. The van der Waals surface area contributed by atoms with Gasteiger partial charge in [0.15, 0.2) is 6.61 Å². The smallest absolute Gasteiger partial charge is 0.455 e. The Morgan fingerprint density at radius 1 is 1.17 bits per heavy atom. The molecule has 0 aliphatic carbocycles. The van der Waals surface area contributed by atoms with Crippen LogP contribution in [0.25, 0.3) is 0 Å². The fraction of sp³-hybridized carbons (Fsp3) is 0.529. The number of ether oxygens (including phenoxy) is 2. The molecule has 1 heterocycles. The number of nitrogens with one attached hydrogen (secondary N) is 1. The molecule has 162 valence electrons. The second-order valence-corrected chi connectivity index (χ2v) is 8.56. The van der Waals surface area contributed by atoms with Gasteiger partial charge in [0.25, 0.3) is 5.91 Å². The van der Waals surface area contributed by atoms with Gasteiger partial charge in [-0.1, -0.05) is 0 Å². The molecule has 1 aliphatic heterocycles. The Hall–Kier alpha value is -2.34. The molecule has 1 amide bonds. The van der Waals surface area contributed by atoms with E-state index in [4.69, 9.17) is 4.74 Å². The fourth-order valence-electron chi connectivity index (χ4n) is 2.74. The van der Waals surface area contributed by atoms with Crippen LogP contribution in [-0.4, -0.2) is 56.4 Å². The molecule has 29 heavy (non-hydrogen) atoms. The lowest BCUT2D eigenvalue weighted by Gasteiger charge is -2.29. The Bertz CT molecular complexity index is 819. The first-order chi connectivity index (χ1) is 13.5. The molecule has 0 atom stereocenters. The number of alkyl halides is 3. The first-order valence-corrected chi connectivity index (χ1v) is 10.4. The molecule has 1 saturated heterocycles. The van der Waals surface area contributed by atoms with Crippen LogP contribution in [0.15, 0.2) is 24.3 Å². The minimum absolute atomic E-state index is 0.00834. The van der Waals surface area contributed by atoms with E-state index in [9.17, 15) is 31.2 Å². The minimum atomic E-state index is -4.81. The number of hydrogen-bond acceptors (Lipinski definition) is 6. The van der Waals surface area contributed by atoms with Gasteiger partial charge in [0.1, 0.15) is 5.75 Å². The van der Waals surface area contributed by atoms with Gasteiger partial charge in [0, 0.05) is 18.8 Å². The molecular formula is C17H21F3N2O6S. The second kappa shape index (κ2) is 9.44. The molecule has 0 saturated carbocycles. The number of esters is 1. The Balaban J connectivity index is 1.76. The normalized spacial score (nSPS) is 16.3. The van der Waals surface area contributed by atoms with Crippen LogP contribution in [0.2, 0.25) is 0 Å². The lowest BCUT2D eigenvalue weighted by Crippen LogP contribution is -2.41. The highest BCUT2D eigenvalue weighted by Gasteiger charge is 2.32. The number of anilines is 1. The standard InChI is InChI=1S/C17H21F3N2O6S/c1-2-29(25,26)22-9-7-12(8-10-22)16(24)27-11-15(23)21-13-3-5-14(6-4-13)28-17(18,19)20/h3-6,12H,2,7-11H2,1H3,(H,21,23). The van der Waals surface area contributed by atoms with E-state index in [1.807, 2.05) is 0 Å². The monoisotopic (exact) mass is 438 g/mol. The van der Waals surface area contributed by atoms with Crippen molar-refractivity contribution >= 4 is 27.6 Å². The number of sulfonamides is 1. The van der Waals surface area contributed by atoms with Crippen LogP contribution in [0.3, 0.4) is 0 Å². The van der Waals surface area contributed by atoms with Gasteiger partial charge in [0.05, 0.1) is 11.7 Å². The van der Waals surface area contributed by atoms with E-state index in [1.165, 1.54) is 16.4 Å². The molecule has 0 spiro atoms. The van der Waals surface area contributed by atoms with Crippen LogP contribution in [0.1, 0.15) is 19.8 Å². The lowest BCUT2D eigenvalue weighted by molar-refractivity contribution is -0.274. The molecular weight excluding hydrogens is 417 g/mol. The zero-order valence-electron chi connectivity index (χ0n) is 15.6. The Morgan fingerprint density at radius 3 is 2.28 bits per heavy atom. The second-order valence-electron chi connectivity index (χ2n) is 6.30. The zero-order valence-corrected chi connectivity index (χ0v) is 16.4. The van der Waals surface area contributed by atoms with Gasteiger partial charge in [-0.2, -0.15) is 0 Å². The maximum absolute atomic E-state index is 12.1. The van der Waals surface area contributed by atoms with E-state index in [0.717, 1.165) is 12.1 Å². The van der Waals surface area contributed by atoms with E-state index < -0.39 is 46.5 Å². The summed E-state index contributed by atoms with van der Waals surface area (Å²) in [5.41, 5.74) is 0.207. The SMILES string of the molecule is CCS(=O)(=O)N1CCC(C(=O)OCC(=O)Nc2ccc(OC(F)(F)F)cc2)CC1. The third-order valence-corrected chi connectivity index (χ3v) is 6.14. The number of halogens is 3. The van der Waals surface area contributed by atoms with Crippen molar-refractivity contribution in [3.8, 4) is 5.75 Å². The summed E-state index contributed by atoms with van der Waals surface area (Å²) in [7, 11) is -3.30. The predicted octanol–water partition coefficient (Wildman–Crippen LogP) is 2.13. The summed E-state index contributed by atoms with van der Waals surface area (Å²) in [6.45, 7) is 1.42. The van der Waals surface area contributed by atoms with Gasteiger partial charge in [0.2, 0.25) is 10.0 Å². The van der Waals surface area contributed by atoms with Crippen LogP contribution in [0.5, 0.6) is 5.75 Å².